The van der Waals surface area contributed by atoms with Crippen LogP contribution in [-0.4, -0.2) is 56.3 Å². The Morgan fingerprint density at radius 3 is 2.36 bits per heavy atom. The van der Waals surface area contributed by atoms with Crippen molar-refractivity contribution in [2.24, 2.45) is 5.92 Å². The van der Waals surface area contributed by atoms with Crippen LogP contribution in [0.15, 0.2) is 48.5 Å². The van der Waals surface area contributed by atoms with Gasteiger partial charge in [0.2, 0.25) is 15.9 Å². The van der Waals surface area contributed by atoms with Crippen molar-refractivity contribution in [1.82, 2.24) is 9.21 Å². The lowest BCUT2D eigenvalue weighted by atomic mass is 9.98. The van der Waals surface area contributed by atoms with Crippen LogP contribution in [0, 0.1) is 11.7 Å². The van der Waals surface area contributed by atoms with Crippen LogP contribution in [0.4, 0.5) is 10.1 Å². The summed E-state index contributed by atoms with van der Waals surface area (Å²) in [6.07, 6.45) is 1.32. The number of hydrogen-bond acceptors (Lipinski definition) is 4. The zero-order valence-corrected chi connectivity index (χ0v) is 20.1. The zero-order chi connectivity index (χ0) is 23.6. The van der Waals surface area contributed by atoms with Crippen molar-refractivity contribution in [2.45, 2.75) is 38.5 Å². The van der Waals surface area contributed by atoms with Crippen LogP contribution in [0.3, 0.4) is 0 Å². The molecular weight excluding hydrogens is 441 g/mol. The van der Waals surface area contributed by atoms with E-state index in [9.17, 15) is 13.2 Å². The zero-order valence-electron chi connectivity index (χ0n) is 19.3. The van der Waals surface area contributed by atoms with Crippen LogP contribution in [0.25, 0.3) is 0 Å². The van der Waals surface area contributed by atoms with Crippen molar-refractivity contribution in [3.8, 4) is 0 Å². The van der Waals surface area contributed by atoms with Crippen molar-refractivity contribution in [2.75, 3.05) is 37.6 Å². The fourth-order valence-corrected chi connectivity index (χ4v) is 6.86. The molecule has 178 valence electrons. The molecule has 0 spiro atoms. The molecule has 8 heteroatoms. The van der Waals surface area contributed by atoms with Gasteiger partial charge in [-0.3, -0.25) is 4.79 Å². The molecule has 2 aromatic rings. The first-order valence-corrected chi connectivity index (χ1v) is 13.1. The van der Waals surface area contributed by atoms with Gasteiger partial charge >= 0.3 is 0 Å². The number of sulfonamides is 1. The van der Waals surface area contributed by atoms with Gasteiger partial charge < -0.3 is 9.80 Å². The van der Waals surface area contributed by atoms with E-state index in [1.54, 1.807) is 17.9 Å². The van der Waals surface area contributed by atoms with Gasteiger partial charge in [0, 0.05) is 57.4 Å². The maximum atomic E-state index is 15.1. The predicted molar refractivity (Wildman–Crippen MR) is 128 cm³/mol. The van der Waals surface area contributed by atoms with E-state index in [4.69, 9.17) is 0 Å². The van der Waals surface area contributed by atoms with E-state index >= 15 is 4.39 Å². The summed E-state index contributed by atoms with van der Waals surface area (Å²) in [5.74, 6) is -0.0842. The smallest absolute Gasteiger partial charge is 0.221 e. The fraction of sp³-hybridized carbons (Fsp3) is 0.480. The molecule has 0 N–H and O–H groups in total. The topological polar surface area (TPSA) is 60.9 Å². The summed E-state index contributed by atoms with van der Waals surface area (Å²) < 4.78 is 43.7. The molecule has 33 heavy (non-hydrogen) atoms. The molecule has 0 bridgehead atoms. The third kappa shape index (κ3) is 5.22. The lowest BCUT2D eigenvalue weighted by Gasteiger charge is -2.35. The van der Waals surface area contributed by atoms with Gasteiger partial charge in [-0.15, -0.1) is 0 Å². The number of amides is 1. The average Bonchev–Trinajstić information content (AvgIpc) is 2.91. The SMILES string of the molecule is CC(=O)N1CCN(c2ccc(CN3CCC(C)CC(c4ccccc4)S3(=O)=O)c(F)c2)CC1. The molecule has 2 aliphatic heterocycles. The van der Waals surface area contributed by atoms with Crippen LogP contribution < -0.4 is 4.90 Å². The molecule has 2 atom stereocenters. The number of piperazine rings is 1. The second-order valence-corrected chi connectivity index (χ2v) is 11.3. The van der Waals surface area contributed by atoms with E-state index in [-0.39, 0.29) is 18.4 Å². The molecule has 2 fully saturated rings. The number of nitrogens with zero attached hydrogens (tertiary/aromatic N) is 3. The van der Waals surface area contributed by atoms with Gasteiger partial charge in [-0.1, -0.05) is 43.3 Å². The molecule has 2 aliphatic rings. The maximum absolute atomic E-state index is 15.1. The third-order valence-electron chi connectivity index (χ3n) is 6.85. The highest BCUT2D eigenvalue weighted by Gasteiger charge is 2.37. The highest BCUT2D eigenvalue weighted by molar-refractivity contribution is 7.89. The Balaban J connectivity index is 1.52. The first-order valence-electron chi connectivity index (χ1n) is 11.6. The number of rotatable bonds is 4. The van der Waals surface area contributed by atoms with E-state index < -0.39 is 21.1 Å². The number of anilines is 1. The molecule has 0 aromatic heterocycles. The Hall–Kier alpha value is -2.45. The first-order chi connectivity index (χ1) is 15.8. The highest BCUT2D eigenvalue weighted by atomic mass is 32.2. The van der Waals surface area contributed by atoms with Gasteiger partial charge in [0.1, 0.15) is 11.1 Å². The summed E-state index contributed by atoms with van der Waals surface area (Å²) in [5, 5.41) is -0.615. The molecule has 6 nitrogen and oxygen atoms in total. The van der Waals surface area contributed by atoms with Crippen LogP contribution in [0.2, 0.25) is 0 Å². The van der Waals surface area contributed by atoms with Gasteiger partial charge in [-0.05, 0) is 36.5 Å². The van der Waals surface area contributed by atoms with Crippen LogP contribution in [0.1, 0.15) is 43.1 Å². The van der Waals surface area contributed by atoms with Gasteiger partial charge in [-0.25, -0.2) is 12.8 Å². The van der Waals surface area contributed by atoms with Crippen molar-refractivity contribution in [3.05, 3.63) is 65.5 Å². The second-order valence-electron chi connectivity index (χ2n) is 9.18. The van der Waals surface area contributed by atoms with Crippen molar-refractivity contribution in [1.29, 1.82) is 0 Å². The Labute approximate surface area is 196 Å². The minimum Gasteiger partial charge on any atom is -0.368 e. The van der Waals surface area contributed by atoms with Gasteiger partial charge in [-0.2, -0.15) is 4.31 Å². The van der Waals surface area contributed by atoms with E-state index in [0.29, 0.717) is 44.7 Å². The summed E-state index contributed by atoms with van der Waals surface area (Å²) in [4.78, 5) is 15.4. The second kappa shape index (κ2) is 9.81. The quantitative estimate of drug-likeness (QED) is 0.678. The average molecular weight is 474 g/mol. The summed E-state index contributed by atoms with van der Waals surface area (Å²) in [6.45, 7) is 6.59. The standard InChI is InChI=1S/C25H32FN3O3S/c1-19-10-11-29(33(31,32)25(16-19)21-6-4-3-5-7-21)18-22-8-9-23(17-24(22)26)28-14-12-27(13-15-28)20(2)30/h3-9,17,19,25H,10-16,18H2,1-2H3. The number of halogens is 1. The molecule has 1 amide bonds. The molecule has 2 saturated heterocycles. The largest absolute Gasteiger partial charge is 0.368 e. The Bertz CT molecular complexity index is 1090. The van der Waals surface area contributed by atoms with Gasteiger partial charge in [0.05, 0.1) is 0 Å². The summed E-state index contributed by atoms with van der Waals surface area (Å²) in [6, 6.07) is 14.4. The number of benzene rings is 2. The normalized spacial score (nSPS) is 23.8. The Morgan fingerprint density at radius 1 is 1.03 bits per heavy atom. The van der Waals surface area contributed by atoms with E-state index in [1.165, 1.54) is 10.4 Å². The van der Waals surface area contributed by atoms with Crippen molar-refractivity contribution < 1.29 is 17.6 Å². The first kappa shape index (κ1) is 23.7. The minimum atomic E-state index is -3.63. The number of carbonyl (C=O) groups is 1. The summed E-state index contributed by atoms with van der Waals surface area (Å²) >= 11 is 0. The monoisotopic (exact) mass is 473 g/mol. The molecule has 0 radical (unpaired) electrons. The maximum Gasteiger partial charge on any atom is 0.221 e. The molecule has 0 aliphatic carbocycles. The van der Waals surface area contributed by atoms with Crippen LogP contribution in [0.5, 0.6) is 0 Å². The lowest BCUT2D eigenvalue weighted by Crippen LogP contribution is -2.48. The summed E-state index contributed by atoms with van der Waals surface area (Å²) in [5.41, 5.74) is 1.93. The molecule has 2 aromatic carbocycles. The van der Waals surface area contributed by atoms with Crippen molar-refractivity contribution >= 4 is 21.6 Å². The minimum absolute atomic E-state index is 0.0304. The van der Waals surface area contributed by atoms with E-state index in [1.807, 2.05) is 36.4 Å². The molecule has 2 unspecified atom stereocenters. The van der Waals surface area contributed by atoms with Crippen molar-refractivity contribution in [3.63, 3.8) is 0 Å². The Morgan fingerprint density at radius 2 is 1.73 bits per heavy atom. The lowest BCUT2D eigenvalue weighted by molar-refractivity contribution is -0.129. The number of carbonyl (C=O) groups excluding carboxylic acids is 1. The van der Waals surface area contributed by atoms with Gasteiger partial charge in [0.25, 0.3) is 0 Å². The molecule has 0 saturated carbocycles. The fourth-order valence-electron chi connectivity index (χ4n) is 4.75. The van der Waals surface area contributed by atoms with Crippen LogP contribution >= 0.6 is 0 Å². The van der Waals surface area contributed by atoms with Gasteiger partial charge in [0.15, 0.2) is 0 Å². The van der Waals surface area contributed by atoms with E-state index in [0.717, 1.165) is 17.7 Å². The van der Waals surface area contributed by atoms with E-state index in [2.05, 4.69) is 11.8 Å². The number of hydrogen-bond donors (Lipinski definition) is 0. The Kier molecular flexibility index (Phi) is 7.05. The molecule has 2 heterocycles. The highest BCUT2D eigenvalue weighted by Crippen LogP contribution is 2.37. The predicted octanol–water partition coefficient (Wildman–Crippen LogP) is 3.80. The summed E-state index contributed by atoms with van der Waals surface area (Å²) in [7, 11) is -3.63. The molecular formula is C25H32FN3O3S. The third-order valence-corrected chi connectivity index (χ3v) is 9.07. The van der Waals surface area contributed by atoms with Crippen LogP contribution in [-0.2, 0) is 21.4 Å². The molecule has 4 rings (SSSR count).